The number of carbonyl (C=O) groups excluding carboxylic acids is 1. The largest absolute Gasteiger partial charge is 0.492 e. The molecule has 0 saturated carbocycles. The van der Waals surface area contributed by atoms with Crippen molar-refractivity contribution in [2.24, 2.45) is 5.92 Å². The number of rotatable bonds is 6. The molecule has 0 spiro atoms. The lowest BCUT2D eigenvalue weighted by Gasteiger charge is -2.24. The Bertz CT molecular complexity index is 659. The number of aromatic nitrogens is 3. The maximum absolute atomic E-state index is 12.4. The van der Waals surface area contributed by atoms with Crippen LogP contribution in [0.2, 0.25) is 0 Å². The SMILES string of the molecule is COCCC(=O)N1Cc2ccnn2CC(COc2cccnc2)C1. The van der Waals surface area contributed by atoms with Crippen LogP contribution in [-0.2, 0) is 22.6 Å². The lowest BCUT2D eigenvalue weighted by Crippen LogP contribution is -2.36. The number of pyridine rings is 1. The van der Waals surface area contributed by atoms with Crippen molar-refractivity contribution in [1.82, 2.24) is 19.7 Å². The highest BCUT2D eigenvalue weighted by molar-refractivity contribution is 5.76. The molecule has 1 aliphatic rings. The van der Waals surface area contributed by atoms with Crippen LogP contribution in [0.15, 0.2) is 36.8 Å². The van der Waals surface area contributed by atoms with Crippen molar-refractivity contribution >= 4 is 5.91 Å². The summed E-state index contributed by atoms with van der Waals surface area (Å²) in [5.41, 5.74) is 1.05. The summed E-state index contributed by atoms with van der Waals surface area (Å²) in [7, 11) is 1.61. The van der Waals surface area contributed by atoms with Crippen molar-refractivity contribution in [1.29, 1.82) is 0 Å². The van der Waals surface area contributed by atoms with Gasteiger partial charge in [-0.3, -0.25) is 14.5 Å². The third-order valence-electron chi connectivity index (χ3n) is 4.06. The zero-order chi connectivity index (χ0) is 16.8. The molecule has 7 nitrogen and oxygen atoms in total. The number of hydrogen-bond acceptors (Lipinski definition) is 5. The Labute approximate surface area is 141 Å². The van der Waals surface area contributed by atoms with Gasteiger partial charge >= 0.3 is 0 Å². The second kappa shape index (κ2) is 7.92. The van der Waals surface area contributed by atoms with E-state index in [1.807, 2.05) is 27.8 Å². The summed E-state index contributed by atoms with van der Waals surface area (Å²) < 4.78 is 12.8. The first-order valence-electron chi connectivity index (χ1n) is 8.06. The molecule has 3 rings (SSSR count). The summed E-state index contributed by atoms with van der Waals surface area (Å²) >= 11 is 0. The lowest BCUT2D eigenvalue weighted by molar-refractivity contribution is -0.133. The van der Waals surface area contributed by atoms with E-state index >= 15 is 0 Å². The van der Waals surface area contributed by atoms with E-state index in [4.69, 9.17) is 9.47 Å². The molecule has 0 N–H and O–H groups in total. The smallest absolute Gasteiger partial charge is 0.225 e. The van der Waals surface area contributed by atoms with Gasteiger partial charge in [0.2, 0.25) is 5.91 Å². The molecule has 0 fully saturated rings. The molecule has 1 unspecified atom stereocenters. The Kier molecular flexibility index (Phi) is 5.43. The van der Waals surface area contributed by atoms with E-state index < -0.39 is 0 Å². The van der Waals surface area contributed by atoms with Crippen molar-refractivity contribution in [2.75, 3.05) is 26.9 Å². The fraction of sp³-hybridized carbons (Fsp3) is 0.471. The summed E-state index contributed by atoms with van der Waals surface area (Å²) in [6, 6.07) is 5.68. The molecule has 2 aromatic rings. The van der Waals surface area contributed by atoms with E-state index in [2.05, 4.69) is 10.1 Å². The highest BCUT2D eigenvalue weighted by Crippen LogP contribution is 2.18. The first kappa shape index (κ1) is 16.4. The van der Waals surface area contributed by atoms with E-state index in [-0.39, 0.29) is 11.8 Å². The molecular formula is C17H22N4O3. The van der Waals surface area contributed by atoms with Crippen molar-refractivity contribution in [2.45, 2.75) is 19.5 Å². The normalized spacial score (nSPS) is 17.2. The zero-order valence-electron chi connectivity index (χ0n) is 13.8. The van der Waals surface area contributed by atoms with Crippen LogP contribution in [0.1, 0.15) is 12.1 Å². The van der Waals surface area contributed by atoms with Crippen molar-refractivity contribution < 1.29 is 14.3 Å². The summed E-state index contributed by atoms with van der Waals surface area (Å²) in [6.45, 7) is 2.90. The van der Waals surface area contributed by atoms with E-state index in [0.29, 0.717) is 32.7 Å². The number of methoxy groups -OCH3 is 1. The number of amides is 1. The van der Waals surface area contributed by atoms with Crippen LogP contribution in [0.3, 0.4) is 0 Å². The van der Waals surface area contributed by atoms with E-state index in [0.717, 1.165) is 18.0 Å². The zero-order valence-corrected chi connectivity index (χ0v) is 13.8. The molecular weight excluding hydrogens is 308 g/mol. The van der Waals surface area contributed by atoms with Crippen LogP contribution in [0.5, 0.6) is 5.75 Å². The summed E-state index contributed by atoms with van der Waals surface area (Å²) in [4.78, 5) is 18.3. The average molecular weight is 330 g/mol. The highest BCUT2D eigenvalue weighted by Gasteiger charge is 2.25. The molecule has 3 heterocycles. The van der Waals surface area contributed by atoms with E-state index in [1.165, 1.54) is 0 Å². The molecule has 128 valence electrons. The van der Waals surface area contributed by atoms with Gasteiger partial charge < -0.3 is 14.4 Å². The average Bonchev–Trinajstić information content (AvgIpc) is 2.96. The van der Waals surface area contributed by atoms with Gasteiger partial charge in [0.15, 0.2) is 0 Å². The van der Waals surface area contributed by atoms with Crippen molar-refractivity contribution in [3.05, 3.63) is 42.5 Å². The van der Waals surface area contributed by atoms with Crippen LogP contribution in [0.25, 0.3) is 0 Å². The molecule has 24 heavy (non-hydrogen) atoms. The predicted molar refractivity (Wildman–Crippen MR) is 87.4 cm³/mol. The fourth-order valence-electron chi connectivity index (χ4n) is 2.82. The van der Waals surface area contributed by atoms with Crippen LogP contribution in [0, 0.1) is 5.92 Å². The van der Waals surface area contributed by atoms with Crippen molar-refractivity contribution in [3.63, 3.8) is 0 Å². The maximum Gasteiger partial charge on any atom is 0.225 e. The van der Waals surface area contributed by atoms with Crippen LogP contribution >= 0.6 is 0 Å². The molecule has 0 aromatic carbocycles. The number of carbonyl (C=O) groups is 1. The van der Waals surface area contributed by atoms with Crippen LogP contribution in [0.4, 0.5) is 0 Å². The third-order valence-corrected chi connectivity index (χ3v) is 4.06. The van der Waals surface area contributed by atoms with Gasteiger partial charge in [0.05, 0.1) is 38.1 Å². The Morgan fingerprint density at radius 2 is 2.25 bits per heavy atom. The molecule has 0 radical (unpaired) electrons. The number of ether oxygens (including phenoxy) is 2. The topological polar surface area (TPSA) is 69.5 Å². The monoisotopic (exact) mass is 330 g/mol. The van der Waals surface area contributed by atoms with Gasteiger partial charge in [0, 0.05) is 38.5 Å². The van der Waals surface area contributed by atoms with Gasteiger partial charge in [-0.05, 0) is 18.2 Å². The predicted octanol–water partition coefficient (Wildman–Crippen LogP) is 1.35. The standard InChI is InChI=1S/C17H22N4O3/c1-23-8-5-17(22)20-10-14(11-21-15(12-20)4-7-19-21)13-24-16-3-2-6-18-9-16/h2-4,6-7,9,14H,5,8,10-13H2,1H3. The minimum absolute atomic E-state index is 0.0953. The number of fused-ring (bicyclic) bond motifs is 1. The van der Waals surface area contributed by atoms with Gasteiger partial charge in [-0.1, -0.05) is 0 Å². The quantitative estimate of drug-likeness (QED) is 0.800. The molecule has 0 bridgehead atoms. The van der Waals surface area contributed by atoms with Gasteiger partial charge in [-0.15, -0.1) is 0 Å². The van der Waals surface area contributed by atoms with Gasteiger partial charge in [-0.2, -0.15) is 5.10 Å². The third kappa shape index (κ3) is 4.11. The second-order valence-electron chi connectivity index (χ2n) is 5.89. The fourth-order valence-corrected chi connectivity index (χ4v) is 2.82. The Morgan fingerprint density at radius 3 is 3.04 bits per heavy atom. The van der Waals surface area contributed by atoms with Crippen LogP contribution in [-0.4, -0.2) is 52.4 Å². The number of nitrogens with zero attached hydrogens (tertiary/aromatic N) is 4. The van der Waals surface area contributed by atoms with E-state index in [1.54, 1.807) is 25.7 Å². The summed E-state index contributed by atoms with van der Waals surface area (Å²) in [5, 5.41) is 4.36. The Balaban J connectivity index is 1.68. The molecule has 1 amide bonds. The Morgan fingerprint density at radius 1 is 1.33 bits per heavy atom. The molecule has 0 saturated heterocycles. The van der Waals surface area contributed by atoms with Crippen molar-refractivity contribution in [3.8, 4) is 5.75 Å². The first-order chi connectivity index (χ1) is 11.8. The number of hydrogen-bond donors (Lipinski definition) is 0. The minimum Gasteiger partial charge on any atom is -0.492 e. The maximum atomic E-state index is 12.4. The molecule has 0 aliphatic carbocycles. The molecule has 2 aromatic heterocycles. The minimum atomic E-state index is 0.0953. The second-order valence-corrected chi connectivity index (χ2v) is 5.89. The van der Waals surface area contributed by atoms with Crippen LogP contribution < -0.4 is 4.74 Å². The van der Waals surface area contributed by atoms with Gasteiger partial charge in [0.1, 0.15) is 5.75 Å². The molecule has 1 aliphatic heterocycles. The summed E-state index contributed by atoms with van der Waals surface area (Å²) in [5.74, 6) is 0.996. The first-order valence-corrected chi connectivity index (χ1v) is 8.06. The van der Waals surface area contributed by atoms with Gasteiger partial charge in [-0.25, -0.2) is 0 Å². The lowest BCUT2D eigenvalue weighted by atomic mass is 10.1. The molecule has 7 heteroatoms. The molecule has 1 atom stereocenters. The highest BCUT2D eigenvalue weighted by atomic mass is 16.5. The Hall–Kier alpha value is -2.41. The summed E-state index contributed by atoms with van der Waals surface area (Å²) in [6.07, 6.45) is 5.57. The van der Waals surface area contributed by atoms with Gasteiger partial charge in [0.25, 0.3) is 0 Å². The van der Waals surface area contributed by atoms with E-state index in [9.17, 15) is 4.79 Å².